The first-order valence-corrected chi connectivity index (χ1v) is 9.99. The lowest BCUT2D eigenvalue weighted by Gasteiger charge is -2.11. The summed E-state index contributed by atoms with van der Waals surface area (Å²) in [5, 5.41) is -0.668. The topological polar surface area (TPSA) is 9.23 Å². The molecule has 0 heterocycles. The van der Waals surface area contributed by atoms with Gasteiger partial charge in [-0.05, 0) is 61.0 Å². The maximum atomic E-state index is 14.8. The lowest BCUT2D eigenvalue weighted by Crippen LogP contribution is -2.00. The van der Waals surface area contributed by atoms with Gasteiger partial charge in [0.05, 0.1) is 10.9 Å². The molecule has 3 aromatic carbocycles. The zero-order chi connectivity index (χ0) is 23.3. The minimum atomic E-state index is -1.66. The van der Waals surface area contributed by atoms with Crippen molar-refractivity contribution in [2.75, 3.05) is 6.61 Å². The normalized spacial score (nSPS) is 12.3. The molecule has 0 fully saturated rings. The molecule has 0 N–H and O–H groups in total. The van der Waals surface area contributed by atoms with E-state index in [2.05, 4.69) is 6.58 Å². The largest absolute Gasteiger partial charge is 0.490 e. The van der Waals surface area contributed by atoms with Crippen LogP contribution in [-0.2, 0) is 6.42 Å². The molecule has 0 amide bonds. The fraction of sp³-hybridized carbons (Fsp3) is 0.154. The van der Waals surface area contributed by atoms with E-state index in [0.717, 1.165) is 6.07 Å². The van der Waals surface area contributed by atoms with Gasteiger partial charge in [-0.3, -0.25) is 0 Å². The number of halogens is 5. The Hall–Kier alpha value is -3.41. The number of aryl methyl sites for hydroxylation is 1. The minimum Gasteiger partial charge on any atom is -0.490 e. The summed E-state index contributed by atoms with van der Waals surface area (Å²) < 4.78 is 79.0. The van der Waals surface area contributed by atoms with Crippen LogP contribution in [0.3, 0.4) is 0 Å². The zero-order valence-electron chi connectivity index (χ0n) is 17.4. The standard InChI is InChI=1S/C26H21F5O/c1-3-5-7-16-8-9-18-15-20(25(30)26(31)21(18)22(16)27)24(29)23(28)17-10-12-19(13-11-17)32-14-6-4-2/h3-4,6,8-13,15H,1,5,7,14H2,2H3. The molecule has 166 valence electrons. The van der Waals surface area contributed by atoms with Gasteiger partial charge in [-0.2, -0.15) is 0 Å². The molecule has 0 saturated heterocycles. The predicted molar refractivity (Wildman–Crippen MR) is 118 cm³/mol. The van der Waals surface area contributed by atoms with E-state index in [9.17, 15) is 22.0 Å². The number of hydrogen-bond donors (Lipinski definition) is 0. The first-order chi connectivity index (χ1) is 15.4. The van der Waals surface area contributed by atoms with Gasteiger partial charge in [0.1, 0.15) is 18.2 Å². The van der Waals surface area contributed by atoms with Gasteiger partial charge in [0.25, 0.3) is 0 Å². The van der Waals surface area contributed by atoms with E-state index < -0.39 is 40.1 Å². The van der Waals surface area contributed by atoms with E-state index in [0.29, 0.717) is 18.8 Å². The van der Waals surface area contributed by atoms with Crippen LogP contribution < -0.4 is 4.74 Å². The number of allylic oxidation sites excluding steroid dienone is 2. The Labute approximate surface area is 183 Å². The molecule has 0 radical (unpaired) electrons. The molecule has 3 aromatic rings. The molecule has 6 heteroatoms. The lowest BCUT2D eigenvalue weighted by atomic mass is 9.99. The highest BCUT2D eigenvalue weighted by Gasteiger charge is 2.23. The zero-order valence-corrected chi connectivity index (χ0v) is 17.4. The van der Waals surface area contributed by atoms with Crippen molar-refractivity contribution in [1.29, 1.82) is 0 Å². The van der Waals surface area contributed by atoms with Crippen LogP contribution in [0.15, 0.2) is 67.3 Å². The summed E-state index contributed by atoms with van der Waals surface area (Å²) in [5.74, 6) is -6.66. The van der Waals surface area contributed by atoms with Crippen LogP contribution in [-0.4, -0.2) is 6.61 Å². The van der Waals surface area contributed by atoms with E-state index in [4.69, 9.17) is 4.74 Å². The Morgan fingerprint density at radius 1 is 0.938 bits per heavy atom. The van der Waals surface area contributed by atoms with Gasteiger partial charge in [-0.1, -0.05) is 30.4 Å². The van der Waals surface area contributed by atoms with E-state index in [1.165, 1.54) is 36.4 Å². The molecule has 0 aliphatic carbocycles. The second-order valence-electron chi connectivity index (χ2n) is 7.05. The molecule has 0 aliphatic heterocycles. The van der Waals surface area contributed by atoms with Crippen LogP contribution in [0.4, 0.5) is 22.0 Å². The number of fused-ring (bicyclic) bond motifs is 1. The molecule has 3 rings (SSSR count). The molecule has 0 aromatic heterocycles. The van der Waals surface area contributed by atoms with Crippen LogP contribution >= 0.6 is 0 Å². The fourth-order valence-corrected chi connectivity index (χ4v) is 3.22. The van der Waals surface area contributed by atoms with Crippen molar-refractivity contribution in [3.63, 3.8) is 0 Å². The van der Waals surface area contributed by atoms with Crippen LogP contribution in [0.1, 0.15) is 30.0 Å². The maximum Gasteiger partial charge on any atom is 0.170 e. The number of ether oxygens (including phenoxy) is 1. The van der Waals surface area contributed by atoms with Crippen LogP contribution in [0.25, 0.3) is 22.4 Å². The van der Waals surface area contributed by atoms with E-state index in [-0.39, 0.29) is 22.9 Å². The van der Waals surface area contributed by atoms with Crippen LogP contribution in [0, 0.1) is 17.5 Å². The van der Waals surface area contributed by atoms with E-state index in [1.807, 2.05) is 6.92 Å². The Bertz CT molecular complexity index is 1190. The van der Waals surface area contributed by atoms with Crippen molar-refractivity contribution >= 4 is 22.4 Å². The molecule has 0 aliphatic rings. The molecule has 0 atom stereocenters. The van der Waals surface area contributed by atoms with Gasteiger partial charge in [-0.25, -0.2) is 22.0 Å². The summed E-state index contributed by atoms with van der Waals surface area (Å²) in [5.41, 5.74) is -0.909. The number of rotatable bonds is 8. The highest BCUT2D eigenvalue weighted by Crippen LogP contribution is 2.36. The summed E-state index contributed by atoms with van der Waals surface area (Å²) in [6.45, 7) is 5.69. The molecular weight excluding hydrogens is 423 g/mol. The summed E-state index contributed by atoms with van der Waals surface area (Å²) in [4.78, 5) is 0. The second kappa shape index (κ2) is 10.3. The van der Waals surface area contributed by atoms with Crippen LogP contribution in [0.5, 0.6) is 5.75 Å². The summed E-state index contributed by atoms with van der Waals surface area (Å²) in [7, 11) is 0. The Kier molecular flexibility index (Phi) is 7.46. The quantitative estimate of drug-likeness (QED) is 0.194. The molecule has 32 heavy (non-hydrogen) atoms. The highest BCUT2D eigenvalue weighted by molar-refractivity contribution is 5.91. The average Bonchev–Trinajstić information content (AvgIpc) is 2.80. The average molecular weight is 444 g/mol. The minimum absolute atomic E-state index is 0.0746. The SMILES string of the molecule is C=CCCc1ccc2cc(C(F)=C(F)c3ccc(OCC=CC)cc3)c(F)c(F)c2c1F. The molecule has 0 unspecified atom stereocenters. The Morgan fingerprint density at radius 2 is 1.66 bits per heavy atom. The Balaban J connectivity index is 2.01. The second-order valence-corrected chi connectivity index (χ2v) is 7.05. The summed E-state index contributed by atoms with van der Waals surface area (Å²) in [6.07, 6.45) is 5.86. The van der Waals surface area contributed by atoms with E-state index in [1.54, 1.807) is 18.2 Å². The van der Waals surface area contributed by atoms with Gasteiger partial charge in [-0.15, -0.1) is 6.58 Å². The lowest BCUT2D eigenvalue weighted by molar-refractivity contribution is 0.362. The smallest absolute Gasteiger partial charge is 0.170 e. The molecule has 0 spiro atoms. The first-order valence-electron chi connectivity index (χ1n) is 9.99. The summed E-state index contributed by atoms with van der Waals surface area (Å²) in [6, 6.07) is 9.06. The van der Waals surface area contributed by atoms with Gasteiger partial charge in [0, 0.05) is 5.56 Å². The number of hydrogen-bond acceptors (Lipinski definition) is 1. The van der Waals surface area contributed by atoms with E-state index >= 15 is 0 Å². The van der Waals surface area contributed by atoms with Crippen molar-refractivity contribution in [1.82, 2.24) is 0 Å². The van der Waals surface area contributed by atoms with Crippen molar-refractivity contribution in [2.24, 2.45) is 0 Å². The summed E-state index contributed by atoms with van der Waals surface area (Å²) >= 11 is 0. The van der Waals surface area contributed by atoms with Gasteiger partial charge < -0.3 is 4.74 Å². The monoisotopic (exact) mass is 444 g/mol. The molecular formula is C26H21F5O. The highest BCUT2D eigenvalue weighted by atomic mass is 19.2. The maximum absolute atomic E-state index is 14.8. The van der Waals surface area contributed by atoms with Gasteiger partial charge in [0.2, 0.25) is 0 Å². The predicted octanol–water partition coefficient (Wildman–Crippen LogP) is 8.10. The molecule has 0 saturated carbocycles. The van der Waals surface area contributed by atoms with Gasteiger partial charge >= 0.3 is 0 Å². The third-order valence-electron chi connectivity index (χ3n) is 4.94. The van der Waals surface area contributed by atoms with Crippen molar-refractivity contribution in [3.05, 3.63) is 101 Å². The number of benzene rings is 3. The molecule has 0 bridgehead atoms. The Morgan fingerprint density at radius 3 is 2.31 bits per heavy atom. The van der Waals surface area contributed by atoms with Crippen molar-refractivity contribution in [2.45, 2.75) is 19.8 Å². The third kappa shape index (κ3) is 4.74. The van der Waals surface area contributed by atoms with Crippen LogP contribution in [0.2, 0.25) is 0 Å². The molecule has 1 nitrogen and oxygen atoms in total. The van der Waals surface area contributed by atoms with Crippen molar-refractivity contribution in [3.8, 4) is 5.75 Å². The fourth-order valence-electron chi connectivity index (χ4n) is 3.22. The van der Waals surface area contributed by atoms with Gasteiger partial charge in [0.15, 0.2) is 23.3 Å². The first kappa shape index (κ1) is 23.3. The third-order valence-corrected chi connectivity index (χ3v) is 4.94. The van der Waals surface area contributed by atoms with Crippen molar-refractivity contribution < 1.29 is 26.7 Å².